The molecular weight excluding hydrogens is 208 g/mol. The first-order valence-corrected chi connectivity index (χ1v) is 5.41. The van der Waals surface area contributed by atoms with Gasteiger partial charge in [0.05, 0.1) is 13.8 Å². The molecule has 1 rings (SSSR count). The molecule has 7 heteroatoms. The van der Waals surface area contributed by atoms with E-state index in [0.29, 0.717) is 0 Å². The zero-order chi connectivity index (χ0) is 11.2. The van der Waals surface area contributed by atoms with Gasteiger partial charge in [-0.3, -0.25) is 8.74 Å². The van der Waals surface area contributed by atoms with Gasteiger partial charge in [-0.05, 0) is 6.92 Å². The molecule has 0 fully saturated rings. The van der Waals surface area contributed by atoms with Gasteiger partial charge < -0.3 is 9.80 Å². The highest BCUT2D eigenvalue weighted by atomic mass is 32.3. The second-order valence-corrected chi connectivity index (χ2v) is 3.88. The highest BCUT2D eigenvalue weighted by Crippen LogP contribution is 2.00. The highest BCUT2D eigenvalue weighted by molar-refractivity contribution is 7.80. The summed E-state index contributed by atoms with van der Waals surface area (Å²) in [5.74, 6) is 0. The monoisotopic (exact) mass is 224 g/mol. The average Bonchev–Trinajstić information content (AvgIpc) is 2.51. The molecule has 0 saturated carbocycles. The number of hydrogen-bond donors (Lipinski definition) is 1. The first kappa shape index (κ1) is 13.2. The maximum atomic E-state index is 9.33. The van der Waals surface area contributed by atoms with Gasteiger partial charge >= 0.3 is 10.4 Å². The minimum Gasteiger partial charge on any atom is -0.362 e. The Kier molecular flexibility index (Phi) is 5.51. The fraction of sp³-hybridized carbons (Fsp3) is 0.714. The minimum atomic E-state index is -4.16. The molecule has 0 aromatic rings. The maximum Gasteiger partial charge on any atom is 0.397 e. The number of hydrogen-bond acceptors (Lipinski definition) is 5. The van der Waals surface area contributed by atoms with Crippen LogP contribution in [0.2, 0.25) is 0 Å². The van der Waals surface area contributed by atoms with Crippen LogP contribution in [0.15, 0.2) is 12.4 Å². The van der Waals surface area contributed by atoms with Crippen LogP contribution in [0, 0.1) is 0 Å². The van der Waals surface area contributed by atoms with Crippen LogP contribution in [0.3, 0.4) is 0 Å². The third-order valence-electron chi connectivity index (χ3n) is 1.55. The summed E-state index contributed by atoms with van der Waals surface area (Å²) < 4.78 is 29.7. The second-order valence-electron chi connectivity index (χ2n) is 2.70. The van der Waals surface area contributed by atoms with Gasteiger partial charge in [-0.1, -0.05) is 0 Å². The molecule has 84 valence electrons. The van der Waals surface area contributed by atoms with Gasteiger partial charge in [-0.15, -0.1) is 0 Å². The molecular formula is C7H16N2O4S. The summed E-state index contributed by atoms with van der Waals surface area (Å²) in [4.78, 5) is 4.41. The van der Waals surface area contributed by atoms with Gasteiger partial charge in [0.25, 0.3) is 0 Å². The van der Waals surface area contributed by atoms with E-state index < -0.39 is 10.4 Å². The lowest BCUT2D eigenvalue weighted by Gasteiger charge is -2.14. The second kappa shape index (κ2) is 5.84. The Morgan fingerprint density at radius 3 is 2.14 bits per heavy atom. The van der Waals surface area contributed by atoms with Gasteiger partial charge in [0, 0.05) is 26.0 Å². The van der Waals surface area contributed by atoms with Crippen molar-refractivity contribution in [2.24, 2.45) is 0 Å². The molecule has 0 atom stereocenters. The molecule has 0 aromatic heterocycles. The molecule has 6 nitrogen and oxygen atoms in total. The Morgan fingerprint density at radius 1 is 1.50 bits per heavy atom. The lowest BCUT2D eigenvalue weighted by atomic mass is 10.6. The predicted molar refractivity (Wildman–Crippen MR) is 52.7 cm³/mol. The summed E-state index contributed by atoms with van der Waals surface area (Å²) in [6.45, 7) is 4.32. The van der Waals surface area contributed by atoms with Gasteiger partial charge in [-0.25, -0.2) is 0 Å². The highest BCUT2D eigenvalue weighted by Gasteiger charge is 2.03. The fourth-order valence-corrected chi connectivity index (χ4v) is 0.794. The molecule has 0 aliphatic carbocycles. The van der Waals surface area contributed by atoms with Crippen molar-refractivity contribution in [3.05, 3.63) is 12.4 Å². The largest absolute Gasteiger partial charge is 0.397 e. The Balaban J connectivity index is 0.000000255. The number of nitrogens with zero attached hydrogens (tertiary/aromatic N) is 2. The fourth-order valence-electron chi connectivity index (χ4n) is 0.794. The van der Waals surface area contributed by atoms with E-state index in [0.717, 1.165) is 20.3 Å². The summed E-state index contributed by atoms with van der Waals surface area (Å²) in [5.41, 5.74) is 0. The van der Waals surface area contributed by atoms with Crippen LogP contribution in [0.25, 0.3) is 0 Å². The average molecular weight is 224 g/mol. The molecule has 0 amide bonds. The topological polar surface area (TPSA) is 70.1 Å². The molecule has 1 aliphatic heterocycles. The van der Waals surface area contributed by atoms with E-state index in [1.54, 1.807) is 0 Å². The molecule has 0 saturated heterocycles. The van der Waals surface area contributed by atoms with Gasteiger partial charge in [0.2, 0.25) is 0 Å². The van der Waals surface area contributed by atoms with E-state index in [1.165, 1.54) is 0 Å². The SMILES string of the molecule is CCN1C=CN(C)C1.COS(=O)(=O)O. The van der Waals surface area contributed by atoms with E-state index in [4.69, 9.17) is 4.55 Å². The van der Waals surface area contributed by atoms with Crippen LogP contribution < -0.4 is 0 Å². The van der Waals surface area contributed by atoms with Crippen molar-refractivity contribution < 1.29 is 17.2 Å². The molecule has 0 unspecified atom stereocenters. The van der Waals surface area contributed by atoms with Crippen LogP contribution in [0.5, 0.6) is 0 Å². The van der Waals surface area contributed by atoms with Crippen molar-refractivity contribution in [1.29, 1.82) is 0 Å². The van der Waals surface area contributed by atoms with Gasteiger partial charge in [0.15, 0.2) is 0 Å². The van der Waals surface area contributed by atoms with Crippen LogP contribution >= 0.6 is 0 Å². The normalized spacial score (nSPS) is 15.4. The third-order valence-corrected chi connectivity index (χ3v) is 1.97. The molecule has 14 heavy (non-hydrogen) atoms. The van der Waals surface area contributed by atoms with E-state index in [1.807, 2.05) is 0 Å². The summed E-state index contributed by atoms with van der Waals surface area (Å²) in [6.07, 6.45) is 4.20. The first-order chi connectivity index (χ1) is 6.39. The quantitative estimate of drug-likeness (QED) is 0.672. The van der Waals surface area contributed by atoms with E-state index >= 15 is 0 Å². The standard InChI is InChI=1S/C6H12N2.CH4O4S/c1-3-8-5-4-7(2)6-8;1-5-6(2,3)4/h4-5H,3,6H2,1-2H3;1H3,(H,2,3,4). The lowest BCUT2D eigenvalue weighted by Crippen LogP contribution is -2.21. The van der Waals surface area contributed by atoms with E-state index in [9.17, 15) is 8.42 Å². The Morgan fingerprint density at radius 2 is 2.00 bits per heavy atom. The molecule has 0 radical (unpaired) electrons. The van der Waals surface area contributed by atoms with Crippen molar-refractivity contribution in [1.82, 2.24) is 9.80 Å². The van der Waals surface area contributed by atoms with Crippen LogP contribution in [-0.4, -0.2) is 50.1 Å². The van der Waals surface area contributed by atoms with Crippen molar-refractivity contribution in [3.8, 4) is 0 Å². The van der Waals surface area contributed by atoms with Crippen LogP contribution in [0.4, 0.5) is 0 Å². The van der Waals surface area contributed by atoms with Gasteiger partial charge in [0.1, 0.15) is 0 Å². The molecule has 0 spiro atoms. The molecule has 1 aliphatic rings. The zero-order valence-electron chi connectivity index (χ0n) is 8.54. The summed E-state index contributed by atoms with van der Waals surface area (Å²) in [7, 11) is -1.22. The van der Waals surface area contributed by atoms with Crippen LogP contribution in [-0.2, 0) is 14.6 Å². The number of rotatable bonds is 2. The zero-order valence-corrected chi connectivity index (χ0v) is 9.36. The summed E-state index contributed by atoms with van der Waals surface area (Å²) in [5, 5.41) is 0. The van der Waals surface area contributed by atoms with Crippen molar-refractivity contribution in [2.75, 3.05) is 27.4 Å². The van der Waals surface area contributed by atoms with Crippen molar-refractivity contribution in [3.63, 3.8) is 0 Å². The Bertz CT molecular complexity index is 275. The lowest BCUT2D eigenvalue weighted by molar-refractivity contribution is 0.308. The smallest absolute Gasteiger partial charge is 0.362 e. The minimum absolute atomic E-state index is 0.870. The Labute approximate surface area is 84.7 Å². The molecule has 1 heterocycles. The summed E-state index contributed by atoms with van der Waals surface area (Å²) in [6, 6.07) is 0. The molecule has 0 bridgehead atoms. The van der Waals surface area contributed by atoms with Crippen molar-refractivity contribution in [2.45, 2.75) is 6.92 Å². The maximum absolute atomic E-state index is 9.33. The predicted octanol–water partition coefficient (Wildman–Crippen LogP) is 0.118. The van der Waals surface area contributed by atoms with E-state index in [-0.39, 0.29) is 0 Å². The molecule has 1 N–H and O–H groups in total. The first-order valence-electron chi connectivity index (χ1n) is 4.04. The van der Waals surface area contributed by atoms with Crippen LogP contribution in [0.1, 0.15) is 6.92 Å². The van der Waals surface area contributed by atoms with E-state index in [2.05, 4.69) is 40.4 Å². The summed E-state index contributed by atoms with van der Waals surface area (Å²) >= 11 is 0. The Hall–Kier alpha value is -0.790. The third kappa shape index (κ3) is 6.70. The molecule has 0 aromatic carbocycles. The van der Waals surface area contributed by atoms with Gasteiger partial charge in [-0.2, -0.15) is 8.42 Å². The van der Waals surface area contributed by atoms with Crippen molar-refractivity contribution >= 4 is 10.4 Å².